The Bertz CT molecular complexity index is 1290. The van der Waals surface area contributed by atoms with Gasteiger partial charge in [-0.3, -0.25) is 4.57 Å². The molecule has 3 aliphatic heterocycles. The van der Waals surface area contributed by atoms with Crippen LogP contribution in [0.5, 0.6) is 0 Å². The molecule has 0 amide bonds. The molecule has 5 N–H and O–H groups in total. The van der Waals surface area contributed by atoms with Crippen molar-refractivity contribution in [3.8, 4) is 0 Å². The monoisotopic (exact) mass is 551 g/mol. The number of allylic oxidation sites excluding steroid dienone is 1. The van der Waals surface area contributed by atoms with Crippen LogP contribution in [-0.2, 0) is 38.0 Å². The smallest absolute Gasteiger partial charge is 0.337 e. The van der Waals surface area contributed by atoms with Crippen molar-refractivity contribution in [3.63, 3.8) is 0 Å². The number of aliphatic hydroxyl groups is 3. The van der Waals surface area contributed by atoms with E-state index in [1.165, 1.54) is 32.8 Å². The molecule has 5 heterocycles. The number of nitrogens with two attached hydrogens (primary N) is 1. The number of hydrogen-bond acceptors (Lipinski definition) is 15. The Morgan fingerprint density at radius 2 is 2.05 bits per heavy atom. The molecule has 3 aliphatic rings. The Morgan fingerprint density at radius 3 is 2.72 bits per heavy atom. The summed E-state index contributed by atoms with van der Waals surface area (Å²) in [7, 11) is 2.51. The van der Waals surface area contributed by atoms with Crippen molar-refractivity contribution in [3.05, 3.63) is 24.3 Å². The SMILES string of the molecule is CC=C(CO)C(=O)O[C@H]1[C@H](O)[C@@H](C(=O)OC)O[C@H]2C[C@H]3O[C@@H](n4cnc5c(N)ncnc54)[C@H](OC)[C@H]3O[C@]21O. The molecule has 0 radical (unpaired) electrons. The van der Waals surface area contributed by atoms with E-state index in [0.29, 0.717) is 11.2 Å². The zero-order valence-corrected chi connectivity index (χ0v) is 21.2. The zero-order valence-electron chi connectivity index (χ0n) is 21.2. The average Bonchev–Trinajstić information content (AvgIpc) is 3.51. The Balaban J connectivity index is 1.50. The van der Waals surface area contributed by atoms with Gasteiger partial charge in [-0.15, -0.1) is 0 Å². The molecule has 0 spiro atoms. The van der Waals surface area contributed by atoms with Crippen LogP contribution in [0, 0.1) is 0 Å². The molecule has 0 aromatic carbocycles. The zero-order chi connectivity index (χ0) is 28.1. The molecule has 5 rings (SSSR count). The fourth-order valence-corrected chi connectivity index (χ4v) is 5.24. The second kappa shape index (κ2) is 10.4. The number of rotatable bonds is 6. The van der Waals surface area contributed by atoms with Crippen LogP contribution in [0.1, 0.15) is 19.6 Å². The molecule has 39 heavy (non-hydrogen) atoms. The van der Waals surface area contributed by atoms with E-state index in [9.17, 15) is 24.9 Å². The lowest BCUT2D eigenvalue weighted by molar-refractivity contribution is -0.397. The molecular weight excluding hydrogens is 522 g/mol. The summed E-state index contributed by atoms with van der Waals surface area (Å²) in [6.07, 6.45) is -6.01. The van der Waals surface area contributed by atoms with Gasteiger partial charge in [0, 0.05) is 13.5 Å². The van der Waals surface area contributed by atoms with Gasteiger partial charge in [-0.2, -0.15) is 0 Å². The van der Waals surface area contributed by atoms with Crippen LogP contribution in [0.25, 0.3) is 11.2 Å². The molecule has 3 fully saturated rings. The van der Waals surface area contributed by atoms with Crippen molar-refractivity contribution >= 4 is 28.9 Å². The molecule has 16 nitrogen and oxygen atoms in total. The van der Waals surface area contributed by atoms with Crippen molar-refractivity contribution in [1.82, 2.24) is 19.5 Å². The van der Waals surface area contributed by atoms with E-state index < -0.39 is 73.3 Å². The van der Waals surface area contributed by atoms with Crippen molar-refractivity contribution in [2.45, 2.75) is 68.1 Å². The minimum absolute atomic E-state index is 0.0496. The number of aliphatic hydroxyl groups excluding tert-OH is 2. The van der Waals surface area contributed by atoms with Gasteiger partial charge in [0.2, 0.25) is 5.79 Å². The van der Waals surface area contributed by atoms with Gasteiger partial charge in [-0.25, -0.2) is 24.5 Å². The van der Waals surface area contributed by atoms with Gasteiger partial charge in [0.1, 0.15) is 36.3 Å². The van der Waals surface area contributed by atoms with E-state index in [2.05, 4.69) is 15.0 Å². The highest BCUT2D eigenvalue weighted by atomic mass is 16.7. The molecule has 2 aromatic rings. The number of carbonyl (C=O) groups is 2. The molecule has 0 bridgehead atoms. The van der Waals surface area contributed by atoms with Gasteiger partial charge in [0.15, 0.2) is 29.9 Å². The third-order valence-electron chi connectivity index (χ3n) is 7.24. The van der Waals surface area contributed by atoms with Crippen molar-refractivity contribution in [2.24, 2.45) is 0 Å². The lowest BCUT2D eigenvalue weighted by atomic mass is 9.84. The second-order valence-corrected chi connectivity index (χ2v) is 9.28. The fourth-order valence-electron chi connectivity index (χ4n) is 5.24. The minimum Gasteiger partial charge on any atom is -0.467 e. The summed E-state index contributed by atoms with van der Waals surface area (Å²) in [5, 5.41) is 32.3. The third kappa shape index (κ3) is 4.33. The first-order chi connectivity index (χ1) is 18.7. The van der Waals surface area contributed by atoms with Crippen LogP contribution in [-0.4, -0.2) is 116 Å². The minimum atomic E-state index is -2.44. The van der Waals surface area contributed by atoms with Crippen LogP contribution < -0.4 is 5.73 Å². The number of imidazole rings is 1. The number of anilines is 1. The average molecular weight is 552 g/mol. The summed E-state index contributed by atoms with van der Waals surface area (Å²) in [6, 6.07) is 0. The Morgan fingerprint density at radius 1 is 1.28 bits per heavy atom. The Kier molecular flexibility index (Phi) is 7.27. The third-order valence-corrected chi connectivity index (χ3v) is 7.24. The largest absolute Gasteiger partial charge is 0.467 e. The van der Waals surface area contributed by atoms with E-state index in [1.807, 2.05) is 0 Å². The van der Waals surface area contributed by atoms with Crippen LogP contribution in [0.3, 0.4) is 0 Å². The summed E-state index contributed by atoms with van der Waals surface area (Å²) < 4.78 is 35.5. The normalized spacial score (nSPS) is 36.3. The molecule has 9 atom stereocenters. The molecule has 16 heteroatoms. The number of esters is 2. The predicted molar refractivity (Wildman–Crippen MR) is 126 cm³/mol. The topological polar surface area (TPSA) is 220 Å². The van der Waals surface area contributed by atoms with Gasteiger partial charge in [-0.1, -0.05) is 6.08 Å². The number of carbonyl (C=O) groups excluding carboxylic acids is 2. The number of hydrogen-bond donors (Lipinski definition) is 4. The first kappa shape index (κ1) is 27.3. The van der Waals surface area contributed by atoms with Crippen LogP contribution in [0.2, 0.25) is 0 Å². The predicted octanol–water partition coefficient (Wildman–Crippen LogP) is -2.05. The van der Waals surface area contributed by atoms with Gasteiger partial charge >= 0.3 is 11.9 Å². The number of nitrogen functional groups attached to an aromatic ring is 1. The molecular formula is C23H29N5O11. The summed E-state index contributed by atoms with van der Waals surface area (Å²) in [5.74, 6) is -4.25. The lowest BCUT2D eigenvalue weighted by Crippen LogP contribution is -2.73. The van der Waals surface area contributed by atoms with E-state index in [-0.39, 0.29) is 17.8 Å². The summed E-state index contributed by atoms with van der Waals surface area (Å²) in [4.78, 5) is 37.6. The molecule has 0 saturated carbocycles. The van der Waals surface area contributed by atoms with E-state index in [4.69, 9.17) is 34.2 Å². The standard InChI is InChI=1S/C23H29N5O11/c1-4-9(6-29)21(31)38-17-13(30)15(22(32)35-3)37-11-5-10-14(39-23(11,17)33)16(34-2)20(36-10)28-8-27-12-18(24)25-7-26-19(12)28/h4,7-8,10-11,13-17,20,29-30,33H,5-6H2,1-3H3,(H2,24,25,26)/t10-,11+,13-,14+,15+,16-,17+,20-,23-/m1/s1. The van der Waals surface area contributed by atoms with E-state index in [0.717, 1.165) is 7.11 Å². The van der Waals surface area contributed by atoms with Gasteiger partial charge < -0.3 is 49.5 Å². The van der Waals surface area contributed by atoms with Crippen molar-refractivity contribution in [2.75, 3.05) is 26.6 Å². The van der Waals surface area contributed by atoms with Crippen molar-refractivity contribution in [1.29, 1.82) is 0 Å². The van der Waals surface area contributed by atoms with Crippen LogP contribution >= 0.6 is 0 Å². The number of fused-ring (bicyclic) bond motifs is 3. The molecule has 2 aromatic heterocycles. The maximum absolute atomic E-state index is 12.7. The summed E-state index contributed by atoms with van der Waals surface area (Å²) in [5.41, 5.74) is 6.50. The second-order valence-electron chi connectivity index (χ2n) is 9.28. The van der Waals surface area contributed by atoms with Gasteiger partial charge in [-0.05, 0) is 6.92 Å². The van der Waals surface area contributed by atoms with E-state index in [1.54, 1.807) is 4.57 Å². The molecule has 0 unspecified atom stereocenters. The first-order valence-corrected chi connectivity index (χ1v) is 12.1. The number of aromatic nitrogens is 4. The maximum atomic E-state index is 12.7. The lowest BCUT2D eigenvalue weighted by Gasteiger charge is -2.52. The van der Waals surface area contributed by atoms with Gasteiger partial charge in [0.25, 0.3) is 0 Å². The summed E-state index contributed by atoms with van der Waals surface area (Å²) in [6.45, 7) is 0.845. The highest BCUT2D eigenvalue weighted by Crippen LogP contribution is 2.47. The van der Waals surface area contributed by atoms with Crippen LogP contribution in [0.4, 0.5) is 5.82 Å². The Hall–Kier alpha value is -3.25. The van der Waals surface area contributed by atoms with Crippen LogP contribution in [0.15, 0.2) is 24.3 Å². The maximum Gasteiger partial charge on any atom is 0.337 e. The highest BCUT2D eigenvalue weighted by Gasteiger charge is 2.67. The van der Waals surface area contributed by atoms with E-state index >= 15 is 0 Å². The molecule has 3 saturated heterocycles. The highest BCUT2D eigenvalue weighted by molar-refractivity contribution is 5.89. The first-order valence-electron chi connectivity index (χ1n) is 12.1. The quantitative estimate of drug-likeness (QED) is 0.224. The summed E-state index contributed by atoms with van der Waals surface area (Å²) >= 11 is 0. The number of ether oxygens (including phenoxy) is 6. The van der Waals surface area contributed by atoms with Gasteiger partial charge in [0.05, 0.1) is 31.7 Å². The number of methoxy groups -OCH3 is 2. The van der Waals surface area contributed by atoms with Crippen molar-refractivity contribution < 1.29 is 53.3 Å². The number of nitrogens with zero attached hydrogens (tertiary/aromatic N) is 4. The Labute approximate surface area is 221 Å². The molecule has 0 aliphatic carbocycles. The molecule has 212 valence electrons. The fraction of sp³-hybridized carbons (Fsp3) is 0.609.